The smallest absolute Gasteiger partial charge is 0.321 e. The quantitative estimate of drug-likeness (QED) is 0.767. The molecule has 0 aliphatic carbocycles. The standard InChI is InChI=1S/C20H23N5O/c1-14-12-19(16-7-3-4-8-18(16)21-14)22-20(26)25-10-5-6-15(13-25)17-9-11-24(2)23-17/h3-4,7-9,11-12,15H,5-6,10,13H2,1-2H3,(H,21,22,26). The first-order chi connectivity index (χ1) is 12.6. The number of urea groups is 1. The predicted octanol–water partition coefficient (Wildman–Crippen LogP) is 3.69. The molecule has 0 spiro atoms. The van der Waals surface area contributed by atoms with Gasteiger partial charge >= 0.3 is 6.03 Å². The zero-order valence-corrected chi connectivity index (χ0v) is 15.1. The molecule has 1 atom stereocenters. The van der Waals surface area contributed by atoms with Crippen LogP contribution in [0.2, 0.25) is 0 Å². The Hall–Kier alpha value is -2.89. The summed E-state index contributed by atoms with van der Waals surface area (Å²) in [4.78, 5) is 19.3. The summed E-state index contributed by atoms with van der Waals surface area (Å²) in [5, 5.41) is 8.57. The average molecular weight is 349 g/mol. The number of nitrogens with zero attached hydrogens (tertiary/aromatic N) is 4. The number of para-hydroxylation sites is 1. The van der Waals surface area contributed by atoms with Crippen molar-refractivity contribution in [3.63, 3.8) is 0 Å². The van der Waals surface area contributed by atoms with Crippen molar-refractivity contribution in [2.75, 3.05) is 18.4 Å². The zero-order chi connectivity index (χ0) is 18.1. The van der Waals surface area contributed by atoms with Crippen molar-refractivity contribution in [2.45, 2.75) is 25.7 Å². The number of carbonyl (C=O) groups excluding carboxylic acids is 1. The molecule has 4 rings (SSSR count). The molecule has 6 nitrogen and oxygen atoms in total. The van der Waals surface area contributed by atoms with E-state index in [2.05, 4.69) is 15.4 Å². The van der Waals surface area contributed by atoms with E-state index in [1.165, 1.54) is 0 Å². The number of rotatable bonds is 2. The van der Waals surface area contributed by atoms with E-state index in [0.29, 0.717) is 12.5 Å². The van der Waals surface area contributed by atoms with Gasteiger partial charge < -0.3 is 10.2 Å². The fourth-order valence-electron chi connectivity index (χ4n) is 3.66. The van der Waals surface area contributed by atoms with Gasteiger partial charge in [0.05, 0.1) is 16.9 Å². The molecule has 2 amide bonds. The summed E-state index contributed by atoms with van der Waals surface area (Å²) in [5.41, 5.74) is 3.67. The van der Waals surface area contributed by atoms with Crippen molar-refractivity contribution in [1.82, 2.24) is 19.7 Å². The van der Waals surface area contributed by atoms with Gasteiger partial charge in [-0.2, -0.15) is 5.10 Å². The Morgan fingerprint density at radius 2 is 2.12 bits per heavy atom. The van der Waals surface area contributed by atoms with Gasteiger partial charge in [-0.1, -0.05) is 18.2 Å². The van der Waals surface area contributed by atoms with Crippen LogP contribution in [0.1, 0.15) is 30.1 Å². The minimum absolute atomic E-state index is 0.0543. The number of hydrogen-bond donors (Lipinski definition) is 1. The molecule has 3 aromatic rings. The molecule has 1 N–H and O–H groups in total. The van der Waals surface area contributed by atoms with Gasteiger partial charge in [0.1, 0.15) is 0 Å². The summed E-state index contributed by atoms with van der Waals surface area (Å²) < 4.78 is 1.82. The van der Waals surface area contributed by atoms with Crippen LogP contribution in [-0.2, 0) is 7.05 Å². The molecule has 1 unspecified atom stereocenters. The Balaban J connectivity index is 1.53. The predicted molar refractivity (Wildman–Crippen MR) is 102 cm³/mol. The molecule has 1 fully saturated rings. The lowest BCUT2D eigenvalue weighted by Gasteiger charge is -2.32. The van der Waals surface area contributed by atoms with Gasteiger partial charge in [-0.05, 0) is 38.0 Å². The number of hydrogen-bond acceptors (Lipinski definition) is 3. The molecular weight excluding hydrogens is 326 g/mol. The van der Waals surface area contributed by atoms with E-state index in [-0.39, 0.29) is 6.03 Å². The number of fused-ring (bicyclic) bond motifs is 1. The molecule has 0 bridgehead atoms. The molecule has 0 saturated carbocycles. The van der Waals surface area contributed by atoms with Gasteiger partial charge in [-0.3, -0.25) is 9.67 Å². The SMILES string of the molecule is Cc1cc(NC(=O)N2CCCC(c3ccn(C)n3)C2)c2ccccc2n1. The first-order valence-electron chi connectivity index (χ1n) is 9.02. The van der Waals surface area contributed by atoms with Crippen LogP contribution < -0.4 is 5.32 Å². The van der Waals surface area contributed by atoms with Crippen molar-refractivity contribution in [3.05, 3.63) is 54.0 Å². The topological polar surface area (TPSA) is 63.1 Å². The lowest BCUT2D eigenvalue weighted by atomic mass is 9.95. The number of anilines is 1. The first kappa shape index (κ1) is 16.6. The fourth-order valence-corrected chi connectivity index (χ4v) is 3.66. The second-order valence-corrected chi connectivity index (χ2v) is 6.96. The number of aromatic nitrogens is 3. The van der Waals surface area contributed by atoms with E-state index in [0.717, 1.165) is 47.4 Å². The maximum absolute atomic E-state index is 12.9. The summed E-state index contributed by atoms with van der Waals surface area (Å²) in [6.45, 7) is 3.42. The summed E-state index contributed by atoms with van der Waals surface area (Å²) >= 11 is 0. The summed E-state index contributed by atoms with van der Waals surface area (Å²) in [6, 6.07) is 11.8. The van der Waals surface area contributed by atoms with Gasteiger partial charge in [0, 0.05) is 43.3 Å². The van der Waals surface area contributed by atoms with E-state index in [1.807, 2.05) is 66.1 Å². The first-order valence-corrected chi connectivity index (χ1v) is 9.02. The Bertz CT molecular complexity index is 948. The second-order valence-electron chi connectivity index (χ2n) is 6.96. The number of piperidine rings is 1. The van der Waals surface area contributed by atoms with Crippen LogP contribution in [0.5, 0.6) is 0 Å². The minimum Gasteiger partial charge on any atom is -0.324 e. The third-order valence-electron chi connectivity index (χ3n) is 4.95. The van der Waals surface area contributed by atoms with E-state index < -0.39 is 0 Å². The van der Waals surface area contributed by atoms with E-state index in [1.54, 1.807) is 0 Å². The van der Waals surface area contributed by atoms with Gasteiger partial charge in [-0.25, -0.2) is 4.79 Å². The Morgan fingerprint density at radius 1 is 1.27 bits per heavy atom. The molecule has 1 aliphatic heterocycles. The van der Waals surface area contributed by atoms with Crippen molar-refractivity contribution in [2.24, 2.45) is 7.05 Å². The van der Waals surface area contributed by atoms with Gasteiger partial charge in [0.25, 0.3) is 0 Å². The highest BCUT2D eigenvalue weighted by Gasteiger charge is 2.26. The number of nitrogens with one attached hydrogen (secondary N) is 1. The maximum atomic E-state index is 12.9. The molecule has 0 radical (unpaired) electrons. The molecule has 1 aliphatic rings. The normalized spacial score (nSPS) is 17.5. The van der Waals surface area contributed by atoms with Crippen molar-refractivity contribution in [3.8, 4) is 0 Å². The molecule has 26 heavy (non-hydrogen) atoms. The van der Waals surface area contributed by atoms with Crippen molar-refractivity contribution < 1.29 is 4.79 Å². The highest BCUT2D eigenvalue weighted by molar-refractivity contribution is 6.00. The Labute approximate surface area is 152 Å². The van der Waals surface area contributed by atoms with Gasteiger partial charge in [0.2, 0.25) is 0 Å². The number of carbonyl (C=O) groups is 1. The molecule has 2 aromatic heterocycles. The van der Waals surface area contributed by atoms with E-state index in [9.17, 15) is 4.79 Å². The van der Waals surface area contributed by atoms with Crippen LogP contribution in [0.25, 0.3) is 10.9 Å². The summed E-state index contributed by atoms with van der Waals surface area (Å²) in [6.07, 6.45) is 4.02. The lowest BCUT2D eigenvalue weighted by molar-refractivity contribution is 0.192. The van der Waals surface area contributed by atoms with Crippen LogP contribution in [0.15, 0.2) is 42.6 Å². The Kier molecular flexibility index (Phi) is 4.32. The molecular formula is C20H23N5O. The Morgan fingerprint density at radius 3 is 2.92 bits per heavy atom. The number of likely N-dealkylation sites (tertiary alicyclic amines) is 1. The molecule has 3 heterocycles. The average Bonchev–Trinajstić information content (AvgIpc) is 3.08. The minimum atomic E-state index is -0.0543. The van der Waals surface area contributed by atoms with Crippen LogP contribution in [0, 0.1) is 6.92 Å². The number of amides is 2. The van der Waals surface area contributed by atoms with Crippen molar-refractivity contribution >= 4 is 22.6 Å². The van der Waals surface area contributed by atoms with Gasteiger partial charge in [0.15, 0.2) is 0 Å². The summed E-state index contributed by atoms with van der Waals surface area (Å²) in [7, 11) is 1.92. The van der Waals surface area contributed by atoms with Crippen LogP contribution in [0.3, 0.4) is 0 Å². The number of aryl methyl sites for hydroxylation is 2. The third-order valence-corrected chi connectivity index (χ3v) is 4.95. The highest BCUT2D eigenvalue weighted by atomic mass is 16.2. The zero-order valence-electron chi connectivity index (χ0n) is 15.1. The molecule has 6 heteroatoms. The monoisotopic (exact) mass is 349 g/mol. The third kappa shape index (κ3) is 3.27. The number of pyridine rings is 1. The fraction of sp³-hybridized carbons (Fsp3) is 0.350. The van der Waals surface area contributed by atoms with Crippen LogP contribution in [0.4, 0.5) is 10.5 Å². The van der Waals surface area contributed by atoms with Crippen molar-refractivity contribution in [1.29, 1.82) is 0 Å². The largest absolute Gasteiger partial charge is 0.324 e. The van der Waals surface area contributed by atoms with Crippen LogP contribution >= 0.6 is 0 Å². The van der Waals surface area contributed by atoms with Crippen LogP contribution in [-0.4, -0.2) is 38.8 Å². The maximum Gasteiger partial charge on any atom is 0.321 e. The van der Waals surface area contributed by atoms with E-state index >= 15 is 0 Å². The molecule has 134 valence electrons. The lowest BCUT2D eigenvalue weighted by Crippen LogP contribution is -2.41. The number of benzene rings is 1. The highest BCUT2D eigenvalue weighted by Crippen LogP contribution is 2.27. The summed E-state index contributed by atoms with van der Waals surface area (Å²) in [5.74, 6) is 0.298. The molecule has 1 aromatic carbocycles. The van der Waals surface area contributed by atoms with E-state index in [4.69, 9.17) is 0 Å². The molecule has 1 saturated heterocycles. The second kappa shape index (κ2) is 6.78. The van der Waals surface area contributed by atoms with Gasteiger partial charge in [-0.15, -0.1) is 0 Å².